The largest absolute Gasteiger partial charge is 0.507 e. The standard InChI is InChI=1S/C23H19N3O8/c1-12-10-18(24-34-12)25-20(13-4-7-15(8-5-13)26(30)31)19(22(28)23(25)29)21(27)14-6-9-16(32-2)17(11-14)33-3/h4-11,20,27H,1-3H3/b21-19+/t20-/m1/s1. The first-order valence-corrected chi connectivity index (χ1v) is 9.98. The molecule has 0 aliphatic carbocycles. The SMILES string of the molecule is COc1ccc(/C(O)=C2\C(=O)C(=O)N(c3cc(C)on3)[C@@H]2c2ccc([N+](=O)[O-])cc2)cc1OC. The molecule has 1 saturated heterocycles. The number of carbonyl (C=O) groups is 2. The highest BCUT2D eigenvalue weighted by Gasteiger charge is 2.48. The van der Waals surface area contributed by atoms with Gasteiger partial charge in [0.25, 0.3) is 11.5 Å². The molecule has 11 heteroatoms. The lowest BCUT2D eigenvalue weighted by Crippen LogP contribution is -2.29. The number of amides is 1. The number of aryl methyl sites for hydroxylation is 1. The van der Waals surface area contributed by atoms with Crippen molar-refractivity contribution in [1.82, 2.24) is 5.16 Å². The van der Waals surface area contributed by atoms with Crippen LogP contribution >= 0.6 is 0 Å². The topological polar surface area (TPSA) is 145 Å². The quantitative estimate of drug-likeness (QED) is 0.190. The number of benzene rings is 2. The van der Waals surface area contributed by atoms with Crippen LogP contribution < -0.4 is 14.4 Å². The summed E-state index contributed by atoms with van der Waals surface area (Å²) in [6, 6.07) is 10.2. The second-order valence-corrected chi connectivity index (χ2v) is 7.38. The van der Waals surface area contributed by atoms with E-state index in [1.54, 1.807) is 13.0 Å². The molecule has 3 aromatic rings. The predicted octanol–water partition coefficient (Wildman–Crippen LogP) is 3.53. The Morgan fingerprint density at radius 1 is 1.09 bits per heavy atom. The van der Waals surface area contributed by atoms with Gasteiger partial charge in [0, 0.05) is 23.8 Å². The van der Waals surface area contributed by atoms with Gasteiger partial charge in [0.2, 0.25) is 0 Å². The van der Waals surface area contributed by atoms with Crippen molar-refractivity contribution in [2.45, 2.75) is 13.0 Å². The number of carbonyl (C=O) groups excluding carboxylic acids is 2. The molecular formula is C23H19N3O8. The van der Waals surface area contributed by atoms with Gasteiger partial charge in [-0.1, -0.05) is 5.16 Å². The third-order valence-corrected chi connectivity index (χ3v) is 5.38. The van der Waals surface area contributed by atoms with E-state index in [2.05, 4.69) is 5.16 Å². The van der Waals surface area contributed by atoms with E-state index in [4.69, 9.17) is 14.0 Å². The number of hydrogen-bond acceptors (Lipinski definition) is 9. The molecule has 34 heavy (non-hydrogen) atoms. The van der Waals surface area contributed by atoms with E-state index in [0.29, 0.717) is 22.8 Å². The Bertz CT molecular complexity index is 1330. The molecule has 2 aromatic carbocycles. The minimum Gasteiger partial charge on any atom is -0.507 e. The van der Waals surface area contributed by atoms with Gasteiger partial charge in [-0.05, 0) is 42.8 Å². The van der Waals surface area contributed by atoms with Gasteiger partial charge >= 0.3 is 5.91 Å². The molecule has 1 aliphatic rings. The molecule has 0 saturated carbocycles. The van der Waals surface area contributed by atoms with E-state index in [1.807, 2.05) is 0 Å². The summed E-state index contributed by atoms with van der Waals surface area (Å²) in [4.78, 5) is 37.8. The van der Waals surface area contributed by atoms with Gasteiger partial charge in [-0.15, -0.1) is 0 Å². The monoisotopic (exact) mass is 465 g/mol. The molecule has 4 rings (SSSR count). The summed E-state index contributed by atoms with van der Waals surface area (Å²) in [5, 5.41) is 26.1. The Morgan fingerprint density at radius 2 is 1.76 bits per heavy atom. The molecule has 1 fully saturated rings. The number of nitro groups is 1. The van der Waals surface area contributed by atoms with E-state index < -0.39 is 28.4 Å². The Hall–Kier alpha value is -4.67. The van der Waals surface area contributed by atoms with Gasteiger partial charge in [-0.2, -0.15) is 0 Å². The number of hydrogen-bond donors (Lipinski definition) is 1. The minimum absolute atomic E-state index is 0.0642. The molecule has 11 nitrogen and oxygen atoms in total. The summed E-state index contributed by atoms with van der Waals surface area (Å²) in [6.07, 6.45) is 0. The average Bonchev–Trinajstić information content (AvgIpc) is 3.38. The maximum absolute atomic E-state index is 13.1. The summed E-state index contributed by atoms with van der Waals surface area (Å²) in [5.41, 5.74) is 0.177. The number of ketones is 1. The highest BCUT2D eigenvalue weighted by molar-refractivity contribution is 6.51. The van der Waals surface area contributed by atoms with Crippen molar-refractivity contribution in [1.29, 1.82) is 0 Å². The van der Waals surface area contributed by atoms with Crippen LogP contribution in [0.3, 0.4) is 0 Å². The lowest BCUT2D eigenvalue weighted by Gasteiger charge is -2.22. The number of rotatable bonds is 6. The highest BCUT2D eigenvalue weighted by atomic mass is 16.6. The van der Waals surface area contributed by atoms with Crippen LogP contribution in [0.2, 0.25) is 0 Å². The second kappa shape index (κ2) is 8.70. The lowest BCUT2D eigenvalue weighted by atomic mass is 9.95. The molecule has 174 valence electrons. The summed E-state index contributed by atoms with van der Waals surface area (Å²) >= 11 is 0. The van der Waals surface area contributed by atoms with Gasteiger partial charge in [0.1, 0.15) is 11.5 Å². The summed E-state index contributed by atoms with van der Waals surface area (Å²) in [6.45, 7) is 1.62. The molecule has 2 heterocycles. The van der Waals surface area contributed by atoms with Gasteiger partial charge in [-0.25, -0.2) is 0 Å². The average molecular weight is 465 g/mol. The van der Waals surface area contributed by atoms with Crippen molar-refractivity contribution in [3.8, 4) is 11.5 Å². The Kier molecular flexibility index (Phi) is 5.76. The van der Waals surface area contributed by atoms with Gasteiger partial charge in [-0.3, -0.25) is 24.6 Å². The smallest absolute Gasteiger partial charge is 0.301 e. The van der Waals surface area contributed by atoms with Crippen LogP contribution in [0, 0.1) is 17.0 Å². The lowest BCUT2D eigenvalue weighted by molar-refractivity contribution is -0.384. The van der Waals surface area contributed by atoms with Crippen molar-refractivity contribution in [2.24, 2.45) is 0 Å². The van der Waals surface area contributed by atoms with E-state index in [-0.39, 0.29) is 22.6 Å². The summed E-state index contributed by atoms with van der Waals surface area (Å²) in [5.74, 6) is -1.15. The zero-order chi connectivity index (χ0) is 24.6. The molecule has 0 spiro atoms. The van der Waals surface area contributed by atoms with Crippen LogP contribution in [-0.4, -0.2) is 41.1 Å². The van der Waals surface area contributed by atoms with Crippen molar-refractivity contribution >= 4 is 29.0 Å². The summed E-state index contributed by atoms with van der Waals surface area (Å²) < 4.78 is 15.6. The number of nitro benzene ring substituents is 1. The molecule has 1 aliphatic heterocycles. The van der Waals surface area contributed by atoms with Gasteiger partial charge in [0.05, 0.1) is 30.8 Å². The van der Waals surface area contributed by atoms with Crippen LogP contribution in [0.5, 0.6) is 11.5 Å². The molecule has 1 atom stereocenters. The number of aliphatic hydroxyl groups excluding tert-OH is 1. The number of aliphatic hydroxyl groups is 1. The van der Waals surface area contributed by atoms with Gasteiger partial charge in [0.15, 0.2) is 17.3 Å². The van der Waals surface area contributed by atoms with E-state index >= 15 is 0 Å². The van der Waals surface area contributed by atoms with Crippen LogP contribution in [0.25, 0.3) is 5.76 Å². The van der Waals surface area contributed by atoms with Crippen LogP contribution in [0.4, 0.5) is 11.5 Å². The van der Waals surface area contributed by atoms with Crippen molar-refractivity contribution in [3.05, 3.63) is 81.1 Å². The third-order valence-electron chi connectivity index (χ3n) is 5.38. The minimum atomic E-state index is -1.11. The van der Waals surface area contributed by atoms with E-state index in [0.717, 1.165) is 4.90 Å². The normalized spacial score (nSPS) is 17.1. The van der Waals surface area contributed by atoms with E-state index in [1.165, 1.54) is 56.7 Å². The number of ether oxygens (including phenoxy) is 2. The van der Waals surface area contributed by atoms with Gasteiger partial charge < -0.3 is 19.1 Å². The maximum atomic E-state index is 13.1. The first-order valence-electron chi connectivity index (χ1n) is 9.98. The first kappa shape index (κ1) is 22.5. The molecule has 1 aromatic heterocycles. The molecule has 0 unspecified atom stereocenters. The summed E-state index contributed by atoms with van der Waals surface area (Å²) in [7, 11) is 2.88. The maximum Gasteiger partial charge on any atom is 0.301 e. The van der Waals surface area contributed by atoms with Crippen molar-refractivity contribution < 1.29 is 33.6 Å². The zero-order valence-corrected chi connectivity index (χ0v) is 18.3. The molecular weight excluding hydrogens is 446 g/mol. The third kappa shape index (κ3) is 3.72. The number of aromatic nitrogens is 1. The fraction of sp³-hybridized carbons (Fsp3) is 0.174. The Labute approximate surface area is 192 Å². The van der Waals surface area contributed by atoms with Crippen LogP contribution in [0.15, 0.2) is 58.6 Å². The number of non-ortho nitro benzene ring substituents is 1. The highest BCUT2D eigenvalue weighted by Crippen LogP contribution is 2.43. The number of nitrogens with zero attached hydrogens (tertiary/aromatic N) is 3. The Morgan fingerprint density at radius 3 is 2.32 bits per heavy atom. The van der Waals surface area contributed by atoms with Crippen LogP contribution in [-0.2, 0) is 9.59 Å². The molecule has 1 amide bonds. The van der Waals surface area contributed by atoms with Crippen molar-refractivity contribution in [3.63, 3.8) is 0 Å². The molecule has 0 radical (unpaired) electrons. The fourth-order valence-electron chi connectivity index (χ4n) is 3.77. The number of anilines is 1. The fourth-order valence-corrected chi connectivity index (χ4v) is 3.77. The Balaban J connectivity index is 1.92. The number of methoxy groups -OCH3 is 2. The number of Topliss-reactive ketones (excluding diaryl/α,β-unsaturated/α-hetero) is 1. The first-order chi connectivity index (χ1) is 16.3. The van der Waals surface area contributed by atoms with Crippen molar-refractivity contribution in [2.75, 3.05) is 19.1 Å². The molecule has 1 N–H and O–H groups in total. The molecule has 0 bridgehead atoms. The zero-order valence-electron chi connectivity index (χ0n) is 18.3. The predicted molar refractivity (Wildman–Crippen MR) is 119 cm³/mol. The van der Waals surface area contributed by atoms with Crippen LogP contribution in [0.1, 0.15) is 22.9 Å². The van der Waals surface area contributed by atoms with E-state index in [9.17, 15) is 24.8 Å². The second-order valence-electron chi connectivity index (χ2n) is 7.38.